The fourth-order valence-electron chi connectivity index (χ4n) is 3.58. The summed E-state index contributed by atoms with van der Waals surface area (Å²) in [6.07, 6.45) is 5.18. The molecule has 1 aliphatic rings. The highest BCUT2D eigenvalue weighted by Gasteiger charge is 2.28. The minimum Gasteiger partial charge on any atom is -0.369 e. The Labute approximate surface area is 151 Å². The molecule has 0 unspecified atom stereocenters. The number of carbonyl (C=O) groups is 1. The third-order valence-electron chi connectivity index (χ3n) is 4.90. The van der Waals surface area contributed by atoms with Crippen molar-refractivity contribution in [1.82, 2.24) is 24.7 Å². The fraction of sp³-hybridized carbons (Fsp3) is 0.389. The van der Waals surface area contributed by atoms with Crippen LogP contribution in [0.15, 0.2) is 24.5 Å². The molecule has 8 nitrogen and oxygen atoms in total. The minimum atomic E-state index is -0.253. The topological polar surface area (TPSA) is 103 Å². The number of amides is 1. The Morgan fingerprint density at radius 3 is 2.77 bits per heavy atom. The Morgan fingerprint density at radius 1 is 1.27 bits per heavy atom. The van der Waals surface area contributed by atoms with Crippen LogP contribution in [0.2, 0.25) is 0 Å². The zero-order valence-corrected chi connectivity index (χ0v) is 14.9. The number of hydrogen-bond donors (Lipinski definition) is 1. The molecule has 1 amide bonds. The number of aromatic nitrogens is 5. The van der Waals surface area contributed by atoms with E-state index >= 15 is 0 Å². The van der Waals surface area contributed by atoms with Gasteiger partial charge in [-0.15, -0.1) is 0 Å². The molecule has 0 spiro atoms. The second-order valence-corrected chi connectivity index (χ2v) is 6.70. The van der Waals surface area contributed by atoms with E-state index in [1.165, 1.54) is 0 Å². The Morgan fingerprint density at radius 2 is 2.04 bits per heavy atom. The second-order valence-electron chi connectivity index (χ2n) is 6.70. The van der Waals surface area contributed by atoms with E-state index in [0.29, 0.717) is 12.4 Å². The summed E-state index contributed by atoms with van der Waals surface area (Å²) < 4.78 is 1.77. The van der Waals surface area contributed by atoms with Crippen molar-refractivity contribution in [3.05, 3.63) is 30.2 Å². The van der Waals surface area contributed by atoms with Crippen LogP contribution in [0.3, 0.4) is 0 Å². The van der Waals surface area contributed by atoms with Crippen LogP contribution < -0.4 is 10.6 Å². The van der Waals surface area contributed by atoms with E-state index in [1.54, 1.807) is 17.1 Å². The molecule has 0 radical (unpaired) electrons. The van der Waals surface area contributed by atoms with E-state index in [0.717, 1.165) is 47.5 Å². The number of primary amides is 1. The van der Waals surface area contributed by atoms with Crippen molar-refractivity contribution in [2.75, 3.05) is 18.0 Å². The van der Waals surface area contributed by atoms with Crippen LogP contribution in [-0.2, 0) is 11.8 Å². The van der Waals surface area contributed by atoms with E-state index in [9.17, 15) is 4.79 Å². The smallest absolute Gasteiger partial charge is 0.222 e. The van der Waals surface area contributed by atoms with Crippen LogP contribution in [0.5, 0.6) is 0 Å². The Bertz CT molecular complexity index is 967. The summed E-state index contributed by atoms with van der Waals surface area (Å²) in [5.74, 6) is 1.03. The van der Waals surface area contributed by atoms with E-state index in [-0.39, 0.29) is 11.8 Å². The molecule has 0 aromatic carbocycles. The first-order chi connectivity index (χ1) is 12.5. The molecule has 0 bridgehead atoms. The molecule has 1 fully saturated rings. The molecule has 26 heavy (non-hydrogen) atoms. The number of fused-ring (bicyclic) bond motifs is 1. The maximum absolute atomic E-state index is 11.7. The number of aryl methyl sites for hydroxylation is 2. The van der Waals surface area contributed by atoms with Gasteiger partial charge in [0, 0.05) is 38.1 Å². The third-order valence-corrected chi connectivity index (χ3v) is 4.90. The number of anilines is 1. The molecule has 134 valence electrons. The first-order valence-corrected chi connectivity index (χ1v) is 8.70. The molecule has 2 N–H and O–H groups in total. The van der Waals surface area contributed by atoms with Crippen molar-refractivity contribution in [2.24, 2.45) is 18.7 Å². The van der Waals surface area contributed by atoms with E-state index in [1.807, 2.05) is 26.1 Å². The molecule has 0 saturated carbocycles. The largest absolute Gasteiger partial charge is 0.369 e. The average Bonchev–Trinajstić information content (AvgIpc) is 2.96. The lowest BCUT2D eigenvalue weighted by atomic mass is 9.97. The van der Waals surface area contributed by atoms with Crippen molar-refractivity contribution in [3.63, 3.8) is 0 Å². The number of piperidine rings is 1. The van der Waals surface area contributed by atoms with E-state index < -0.39 is 0 Å². The van der Waals surface area contributed by atoms with Gasteiger partial charge in [-0.05, 0) is 31.9 Å². The zero-order valence-electron chi connectivity index (χ0n) is 14.9. The molecule has 4 rings (SSSR count). The lowest BCUT2D eigenvalue weighted by Gasteiger charge is -2.32. The van der Waals surface area contributed by atoms with Gasteiger partial charge < -0.3 is 10.6 Å². The van der Waals surface area contributed by atoms with Crippen LogP contribution in [0.4, 0.5) is 5.82 Å². The maximum atomic E-state index is 11.7. The lowest BCUT2D eigenvalue weighted by Crippen LogP contribution is -2.41. The van der Waals surface area contributed by atoms with Crippen molar-refractivity contribution in [3.8, 4) is 11.4 Å². The van der Waals surface area contributed by atoms with Crippen LogP contribution in [0.25, 0.3) is 22.4 Å². The first kappa shape index (κ1) is 16.4. The predicted molar refractivity (Wildman–Crippen MR) is 98.4 cm³/mol. The third kappa shape index (κ3) is 2.77. The Balaban J connectivity index is 1.88. The van der Waals surface area contributed by atoms with Gasteiger partial charge in [0.25, 0.3) is 0 Å². The van der Waals surface area contributed by atoms with Crippen molar-refractivity contribution >= 4 is 22.8 Å². The predicted octanol–water partition coefficient (Wildman–Crippen LogP) is 1.44. The number of carbonyl (C=O) groups excluding carboxylic acids is 1. The summed E-state index contributed by atoms with van der Waals surface area (Å²) in [4.78, 5) is 27.5. The summed E-state index contributed by atoms with van der Waals surface area (Å²) in [5.41, 5.74) is 8.10. The molecule has 4 heterocycles. The normalized spacial score (nSPS) is 17.6. The molecular formula is C18H21N7O. The number of rotatable bonds is 3. The Hall–Kier alpha value is -3.03. The van der Waals surface area contributed by atoms with Crippen LogP contribution in [0, 0.1) is 12.8 Å². The standard InChI is InChI=1S/C18H21N7O/c1-11-14-17(24(2)23-11)21-16(12-5-7-20-8-6-12)22-18(14)25-9-3-4-13(10-25)15(19)26/h5-8,13H,3-4,9-10H2,1-2H3,(H2,19,26)/t13-/m0/s1. The van der Waals surface area contributed by atoms with Gasteiger partial charge in [0.15, 0.2) is 11.5 Å². The van der Waals surface area contributed by atoms with E-state index in [2.05, 4.69) is 15.0 Å². The first-order valence-electron chi connectivity index (χ1n) is 8.70. The zero-order chi connectivity index (χ0) is 18.3. The van der Waals surface area contributed by atoms with Gasteiger partial charge in [0.05, 0.1) is 17.0 Å². The van der Waals surface area contributed by atoms with Gasteiger partial charge in [-0.3, -0.25) is 14.5 Å². The van der Waals surface area contributed by atoms with Gasteiger partial charge in [-0.25, -0.2) is 9.97 Å². The van der Waals surface area contributed by atoms with Crippen LogP contribution in [-0.4, -0.2) is 43.7 Å². The molecule has 1 atom stereocenters. The molecule has 1 saturated heterocycles. The van der Waals surface area contributed by atoms with Gasteiger partial charge in [-0.1, -0.05) is 0 Å². The summed E-state index contributed by atoms with van der Waals surface area (Å²) in [7, 11) is 1.88. The van der Waals surface area contributed by atoms with Gasteiger partial charge in [0.2, 0.25) is 5.91 Å². The van der Waals surface area contributed by atoms with Crippen LogP contribution >= 0.6 is 0 Å². The summed E-state index contributed by atoms with van der Waals surface area (Å²) in [6.45, 7) is 3.36. The highest BCUT2D eigenvalue weighted by atomic mass is 16.1. The monoisotopic (exact) mass is 351 g/mol. The van der Waals surface area contributed by atoms with Crippen molar-refractivity contribution < 1.29 is 4.79 Å². The van der Waals surface area contributed by atoms with Gasteiger partial charge >= 0.3 is 0 Å². The lowest BCUT2D eigenvalue weighted by molar-refractivity contribution is -0.122. The molecule has 0 aliphatic carbocycles. The number of nitrogens with two attached hydrogens (primary N) is 1. The highest BCUT2D eigenvalue weighted by molar-refractivity contribution is 5.91. The second kappa shape index (κ2) is 6.36. The fourth-order valence-corrected chi connectivity index (χ4v) is 3.58. The van der Waals surface area contributed by atoms with Crippen molar-refractivity contribution in [2.45, 2.75) is 19.8 Å². The van der Waals surface area contributed by atoms with E-state index in [4.69, 9.17) is 15.7 Å². The summed E-state index contributed by atoms with van der Waals surface area (Å²) in [6, 6.07) is 3.77. The molecular weight excluding hydrogens is 330 g/mol. The SMILES string of the molecule is Cc1nn(C)c2nc(-c3ccncc3)nc(N3CCC[C@H](C(N)=O)C3)c12. The Kier molecular flexibility index (Phi) is 4.02. The minimum absolute atomic E-state index is 0.157. The van der Waals surface area contributed by atoms with Gasteiger partial charge in [0.1, 0.15) is 5.82 Å². The number of pyridine rings is 1. The quantitative estimate of drug-likeness (QED) is 0.766. The maximum Gasteiger partial charge on any atom is 0.222 e. The van der Waals surface area contributed by atoms with Crippen molar-refractivity contribution in [1.29, 1.82) is 0 Å². The highest BCUT2D eigenvalue weighted by Crippen LogP contribution is 2.32. The summed E-state index contributed by atoms with van der Waals surface area (Å²) >= 11 is 0. The van der Waals surface area contributed by atoms with Crippen LogP contribution in [0.1, 0.15) is 18.5 Å². The molecule has 1 aliphatic heterocycles. The number of nitrogens with zero attached hydrogens (tertiary/aromatic N) is 6. The number of hydrogen-bond acceptors (Lipinski definition) is 6. The molecule has 8 heteroatoms. The van der Waals surface area contributed by atoms with Gasteiger partial charge in [-0.2, -0.15) is 5.10 Å². The molecule has 3 aromatic heterocycles. The average molecular weight is 351 g/mol. The molecule has 3 aromatic rings. The summed E-state index contributed by atoms with van der Waals surface area (Å²) in [5, 5.41) is 5.44.